The first-order chi connectivity index (χ1) is 16.6. The Morgan fingerprint density at radius 2 is 1.71 bits per heavy atom. The fraction of sp³-hybridized carbons (Fsp3) is 0.345. The largest absolute Gasteiger partial charge is 0.454 e. The molecule has 3 aromatic rings. The van der Waals surface area contributed by atoms with Crippen LogP contribution < -0.4 is 0 Å². The maximum absolute atomic E-state index is 13.9. The smallest absolute Gasteiger partial charge is 0.406 e. The summed E-state index contributed by atoms with van der Waals surface area (Å²) in [6.07, 6.45) is 0.215. The van der Waals surface area contributed by atoms with Crippen LogP contribution in [0.15, 0.2) is 59.6 Å². The van der Waals surface area contributed by atoms with E-state index in [1.807, 2.05) is 78.7 Å². The van der Waals surface area contributed by atoms with Crippen molar-refractivity contribution in [3.63, 3.8) is 0 Å². The van der Waals surface area contributed by atoms with Crippen LogP contribution in [-0.2, 0) is 9.31 Å². The first-order valence-electron chi connectivity index (χ1n) is 11.9. The van der Waals surface area contributed by atoms with Crippen LogP contribution >= 0.6 is 0 Å². The third kappa shape index (κ3) is 7.24. The second-order valence-corrected chi connectivity index (χ2v) is 8.46. The van der Waals surface area contributed by atoms with Gasteiger partial charge in [0.1, 0.15) is 0 Å². The van der Waals surface area contributed by atoms with Crippen molar-refractivity contribution in [3.8, 4) is 11.8 Å². The van der Waals surface area contributed by atoms with E-state index in [0.29, 0.717) is 16.5 Å². The maximum Gasteiger partial charge on any atom is 0.454 e. The predicted molar refractivity (Wildman–Crippen MR) is 143 cm³/mol. The predicted octanol–water partition coefficient (Wildman–Crippen LogP) is 7.97. The Balaban J connectivity index is 0.000000329. The normalized spacial score (nSPS) is 16.5. The molecule has 0 amide bonds. The number of aliphatic imine (C=N–C) groups is 1. The van der Waals surface area contributed by atoms with Gasteiger partial charge < -0.3 is 9.31 Å². The summed E-state index contributed by atoms with van der Waals surface area (Å²) in [6.45, 7) is 15.5. The highest BCUT2D eigenvalue weighted by atomic mass is 19.2. The third-order valence-corrected chi connectivity index (χ3v) is 5.60. The highest BCUT2D eigenvalue weighted by molar-refractivity contribution is 6.43. The number of nitrogens with zero attached hydrogens (tertiary/aromatic N) is 1. The van der Waals surface area contributed by atoms with Gasteiger partial charge in [-0.2, -0.15) is 0 Å². The fourth-order valence-corrected chi connectivity index (χ4v) is 3.59. The lowest BCUT2D eigenvalue weighted by Gasteiger charge is -2.21. The quantitative estimate of drug-likeness (QED) is 0.213. The van der Waals surface area contributed by atoms with Crippen molar-refractivity contribution in [2.24, 2.45) is 4.99 Å². The topological polar surface area (TPSA) is 30.8 Å². The number of rotatable bonds is 2. The summed E-state index contributed by atoms with van der Waals surface area (Å²) < 4.78 is 38.6. The zero-order valence-corrected chi connectivity index (χ0v) is 21.9. The highest BCUT2D eigenvalue weighted by Gasteiger charge is 2.39. The van der Waals surface area contributed by atoms with Gasteiger partial charge in [0.05, 0.1) is 23.0 Å². The van der Waals surface area contributed by atoms with E-state index in [4.69, 9.17) is 9.31 Å². The van der Waals surface area contributed by atoms with Gasteiger partial charge in [0.15, 0.2) is 11.6 Å². The maximum atomic E-state index is 13.9. The number of hydrogen-bond acceptors (Lipinski definition) is 3. The number of hydrogen-bond donors (Lipinski definition) is 0. The average molecular weight is 477 g/mol. The van der Waals surface area contributed by atoms with Crippen LogP contribution in [0.2, 0.25) is 6.82 Å². The molecule has 0 N–H and O–H groups in total. The third-order valence-electron chi connectivity index (χ3n) is 5.60. The van der Waals surface area contributed by atoms with Crippen LogP contribution in [-0.4, -0.2) is 24.5 Å². The Morgan fingerprint density at radius 3 is 2.23 bits per heavy atom. The van der Waals surface area contributed by atoms with E-state index in [9.17, 15) is 8.78 Å². The minimum absolute atomic E-state index is 0.0324. The van der Waals surface area contributed by atoms with Crippen LogP contribution in [0.4, 0.5) is 14.5 Å². The van der Waals surface area contributed by atoms with Crippen molar-refractivity contribution in [2.75, 3.05) is 0 Å². The lowest BCUT2D eigenvalue weighted by atomic mass is 9.96. The lowest BCUT2D eigenvalue weighted by Crippen LogP contribution is -2.30. The van der Waals surface area contributed by atoms with E-state index in [-0.39, 0.29) is 24.4 Å². The Labute approximate surface area is 208 Å². The van der Waals surface area contributed by atoms with Crippen molar-refractivity contribution in [1.29, 1.82) is 0 Å². The van der Waals surface area contributed by atoms with Crippen molar-refractivity contribution in [1.82, 2.24) is 0 Å². The molecular formula is C29H34BF2NO2. The van der Waals surface area contributed by atoms with E-state index in [2.05, 4.69) is 16.8 Å². The van der Waals surface area contributed by atoms with Crippen molar-refractivity contribution >= 4 is 29.3 Å². The molecule has 0 spiro atoms. The van der Waals surface area contributed by atoms with E-state index < -0.39 is 11.6 Å². The highest BCUT2D eigenvalue weighted by Crippen LogP contribution is 2.28. The lowest BCUT2D eigenvalue weighted by molar-refractivity contribution is 0.0841. The summed E-state index contributed by atoms with van der Waals surface area (Å²) in [5.41, 5.74) is 2.54. The van der Waals surface area contributed by atoms with Gasteiger partial charge in [-0.3, -0.25) is 4.99 Å². The molecular weight excluding hydrogens is 443 g/mol. The van der Waals surface area contributed by atoms with Gasteiger partial charge >= 0.3 is 7.12 Å². The van der Waals surface area contributed by atoms with Crippen LogP contribution in [0.5, 0.6) is 0 Å². The second kappa shape index (κ2) is 12.6. The first kappa shape index (κ1) is 28.2. The molecule has 0 aliphatic carbocycles. The van der Waals surface area contributed by atoms with Crippen LogP contribution in [0, 0.1) is 23.5 Å². The molecule has 1 heterocycles. The molecule has 35 heavy (non-hydrogen) atoms. The summed E-state index contributed by atoms with van der Waals surface area (Å²) in [6, 6.07) is 16.2. The zero-order valence-electron chi connectivity index (χ0n) is 21.9. The molecule has 1 atom stereocenters. The Morgan fingerprint density at radius 1 is 1.06 bits per heavy atom. The van der Waals surface area contributed by atoms with Crippen LogP contribution in [0.25, 0.3) is 10.8 Å². The SMILES string of the molecule is CB1OC(C)C(C)(C)O1.CC.CC#Cc1c(F)c(F)cc2cc(N=C(C)c3ccccc3)ccc12. The molecule has 1 aliphatic rings. The zero-order chi connectivity index (χ0) is 26.2. The minimum atomic E-state index is -0.909. The second-order valence-electron chi connectivity index (χ2n) is 8.46. The van der Waals surface area contributed by atoms with Gasteiger partial charge in [0.25, 0.3) is 0 Å². The van der Waals surface area contributed by atoms with Gasteiger partial charge in [-0.05, 0) is 70.6 Å². The number of halogens is 2. The molecule has 0 aromatic heterocycles. The van der Waals surface area contributed by atoms with Crippen molar-refractivity contribution in [2.45, 2.75) is 67.0 Å². The van der Waals surface area contributed by atoms with E-state index >= 15 is 0 Å². The molecule has 3 aromatic carbocycles. The summed E-state index contributed by atoms with van der Waals surface area (Å²) in [5.74, 6) is 3.46. The Bertz CT molecular complexity index is 1230. The Kier molecular flexibility index (Phi) is 10.2. The van der Waals surface area contributed by atoms with Gasteiger partial charge in [0.2, 0.25) is 0 Å². The molecule has 0 radical (unpaired) electrons. The Hall–Kier alpha value is -3.01. The van der Waals surface area contributed by atoms with Gasteiger partial charge in [-0.25, -0.2) is 8.78 Å². The molecule has 1 saturated heterocycles. The van der Waals surface area contributed by atoms with Crippen molar-refractivity contribution in [3.05, 3.63) is 77.4 Å². The standard InChI is InChI=1S/C21H15F2N.C6H13BO2.C2H6/c1-3-7-19-18-11-10-17(12-16(18)13-20(22)21(19)23)24-14(2)15-8-5-4-6-9-15;1-5-6(2,3)9-7(4)8-5;1-2/h4-6,8-13H,1-2H3;5H,1-4H3;1-2H3. The van der Waals surface area contributed by atoms with Crippen LogP contribution in [0.1, 0.15) is 59.6 Å². The van der Waals surface area contributed by atoms with Gasteiger partial charge in [-0.15, -0.1) is 5.92 Å². The van der Waals surface area contributed by atoms with Gasteiger partial charge in [-0.1, -0.05) is 56.2 Å². The van der Waals surface area contributed by atoms with Crippen LogP contribution in [0.3, 0.4) is 0 Å². The molecule has 1 unspecified atom stereocenters. The number of fused-ring (bicyclic) bond motifs is 1. The van der Waals surface area contributed by atoms with E-state index in [1.165, 1.54) is 6.07 Å². The summed E-state index contributed by atoms with van der Waals surface area (Å²) in [5, 5.41) is 1.16. The summed E-state index contributed by atoms with van der Waals surface area (Å²) >= 11 is 0. The molecule has 3 nitrogen and oxygen atoms in total. The fourth-order valence-electron chi connectivity index (χ4n) is 3.59. The monoisotopic (exact) mass is 477 g/mol. The number of benzene rings is 3. The van der Waals surface area contributed by atoms with E-state index in [1.54, 1.807) is 25.1 Å². The molecule has 6 heteroatoms. The molecule has 1 aliphatic heterocycles. The first-order valence-corrected chi connectivity index (χ1v) is 11.9. The molecule has 4 rings (SSSR count). The van der Waals surface area contributed by atoms with Crippen molar-refractivity contribution < 1.29 is 18.1 Å². The van der Waals surface area contributed by atoms with Gasteiger partial charge in [0, 0.05) is 11.1 Å². The molecule has 1 fully saturated rings. The summed E-state index contributed by atoms with van der Waals surface area (Å²) in [7, 11) is -0.0324. The average Bonchev–Trinajstić information content (AvgIpc) is 3.08. The molecule has 184 valence electrons. The molecule has 0 bridgehead atoms. The van der Waals surface area contributed by atoms with E-state index in [0.717, 1.165) is 11.3 Å². The molecule has 0 saturated carbocycles. The summed E-state index contributed by atoms with van der Waals surface area (Å²) in [4.78, 5) is 4.57. The minimum Gasteiger partial charge on any atom is -0.406 e.